The Labute approximate surface area is 119 Å². The van der Waals surface area contributed by atoms with Crippen LogP contribution in [0.4, 0.5) is 8.78 Å². The highest BCUT2D eigenvalue weighted by atomic mass is 79.9. The Balaban J connectivity index is 2.22. The smallest absolute Gasteiger partial charge is 0.126 e. The third-order valence-corrected chi connectivity index (χ3v) is 3.50. The minimum absolute atomic E-state index is 0.283. The van der Waals surface area contributed by atoms with Gasteiger partial charge in [0, 0.05) is 16.6 Å². The first-order valence-corrected chi connectivity index (χ1v) is 6.71. The third-order valence-electron chi connectivity index (χ3n) is 3.01. The van der Waals surface area contributed by atoms with Gasteiger partial charge in [-0.3, -0.25) is 0 Å². The Hall–Kier alpha value is -1.26. The molecule has 0 amide bonds. The van der Waals surface area contributed by atoms with Gasteiger partial charge in [0.2, 0.25) is 0 Å². The van der Waals surface area contributed by atoms with E-state index in [4.69, 9.17) is 5.73 Å². The van der Waals surface area contributed by atoms with Crippen molar-refractivity contribution in [2.45, 2.75) is 19.4 Å². The number of benzene rings is 2. The van der Waals surface area contributed by atoms with Gasteiger partial charge >= 0.3 is 0 Å². The van der Waals surface area contributed by atoms with Gasteiger partial charge in [0.25, 0.3) is 0 Å². The number of halogens is 3. The fourth-order valence-electron chi connectivity index (χ4n) is 2.15. The van der Waals surface area contributed by atoms with E-state index in [0.29, 0.717) is 12.0 Å². The second kappa shape index (κ2) is 5.80. The van der Waals surface area contributed by atoms with Gasteiger partial charge in [-0.2, -0.15) is 0 Å². The summed E-state index contributed by atoms with van der Waals surface area (Å²) in [4.78, 5) is 0. The zero-order valence-electron chi connectivity index (χ0n) is 10.5. The fourth-order valence-corrected chi connectivity index (χ4v) is 2.62. The van der Waals surface area contributed by atoms with Crippen LogP contribution in [0.5, 0.6) is 0 Å². The number of hydrogen-bond donors (Lipinski definition) is 1. The highest BCUT2D eigenvalue weighted by Gasteiger charge is 2.11. The van der Waals surface area contributed by atoms with Crippen molar-refractivity contribution in [1.82, 2.24) is 0 Å². The van der Waals surface area contributed by atoms with E-state index in [9.17, 15) is 8.78 Å². The second-order valence-electron chi connectivity index (χ2n) is 4.59. The third kappa shape index (κ3) is 3.61. The van der Waals surface area contributed by atoms with Gasteiger partial charge < -0.3 is 5.73 Å². The first kappa shape index (κ1) is 14.2. The number of nitrogens with two attached hydrogens (primary N) is 1. The van der Waals surface area contributed by atoms with E-state index >= 15 is 0 Å². The highest BCUT2D eigenvalue weighted by molar-refractivity contribution is 9.10. The molecule has 2 rings (SSSR count). The maximum Gasteiger partial charge on any atom is 0.126 e. The Bertz CT molecular complexity index is 578. The van der Waals surface area contributed by atoms with Crippen LogP contribution in [0.2, 0.25) is 0 Å². The van der Waals surface area contributed by atoms with Gasteiger partial charge in [-0.15, -0.1) is 0 Å². The molecule has 0 aliphatic heterocycles. The molecule has 1 unspecified atom stereocenters. The Morgan fingerprint density at radius 3 is 2.32 bits per heavy atom. The average molecular weight is 326 g/mol. The zero-order valence-corrected chi connectivity index (χ0v) is 12.0. The molecule has 0 aromatic heterocycles. The maximum absolute atomic E-state index is 13.1. The van der Waals surface area contributed by atoms with Crippen molar-refractivity contribution in [2.24, 2.45) is 5.73 Å². The summed E-state index contributed by atoms with van der Waals surface area (Å²) in [6.07, 6.45) is 0.400. The minimum Gasteiger partial charge on any atom is -0.324 e. The summed E-state index contributed by atoms with van der Waals surface area (Å²) in [5, 5.41) is 0. The van der Waals surface area contributed by atoms with Crippen LogP contribution in [0.15, 0.2) is 40.9 Å². The van der Waals surface area contributed by atoms with Crippen LogP contribution in [0, 0.1) is 18.6 Å². The van der Waals surface area contributed by atoms with Gasteiger partial charge in [-0.05, 0) is 54.3 Å². The van der Waals surface area contributed by atoms with E-state index < -0.39 is 11.6 Å². The predicted octanol–water partition coefficient (Wildman–Crippen LogP) is 4.28. The fraction of sp³-hybridized carbons (Fsp3) is 0.200. The van der Waals surface area contributed by atoms with Crippen LogP contribution < -0.4 is 5.73 Å². The van der Waals surface area contributed by atoms with Crippen LogP contribution in [0.3, 0.4) is 0 Å². The number of hydrogen-bond acceptors (Lipinski definition) is 1. The largest absolute Gasteiger partial charge is 0.324 e. The molecule has 19 heavy (non-hydrogen) atoms. The molecule has 0 aliphatic carbocycles. The lowest BCUT2D eigenvalue weighted by Gasteiger charge is -2.15. The molecule has 0 saturated carbocycles. The van der Waals surface area contributed by atoms with E-state index in [1.165, 1.54) is 12.1 Å². The molecule has 0 heterocycles. The molecule has 1 nitrogen and oxygen atoms in total. The topological polar surface area (TPSA) is 26.0 Å². The highest BCUT2D eigenvalue weighted by Crippen LogP contribution is 2.23. The van der Waals surface area contributed by atoms with Crippen LogP contribution >= 0.6 is 15.9 Å². The molecule has 0 saturated heterocycles. The molecule has 2 N–H and O–H groups in total. The van der Waals surface area contributed by atoms with E-state index in [2.05, 4.69) is 15.9 Å². The van der Waals surface area contributed by atoms with Crippen molar-refractivity contribution >= 4 is 15.9 Å². The Morgan fingerprint density at radius 2 is 1.74 bits per heavy atom. The lowest BCUT2D eigenvalue weighted by Crippen LogP contribution is -2.15. The van der Waals surface area contributed by atoms with Gasteiger partial charge in [0.1, 0.15) is 11.6 Å². The summed E-state index contributed by atoms with van der Waals surface area (Å²) in [5.74, 6) is -1.15. The molecule has 1 atom stereocenters. The molecular weight excluding hydrogens is 312 g/mol. The SMILES string of the molecule is Cc1cc(Br)ccc1C(N)Cc1cc(F)cc(F)c1. The first-order chi connectivity index (χ1) is 8.95. The van der Waals surface area contributed by atoms with Gasteiger partial charge in [-0.1, -0.05) is 22.0 Å². The molecular formula is C15H14BrF2N. The molecule has 4 heteroatoms. The molecule has 0 fully saturated rings. The molecule has 0 spiro atoms. The van der Waals surface area contributed by atoms with Crippen molar-refractivity contribution in [3.05, 3.63) is 69.2 Å². The van der Waals surface area contributed by atoms with Crippen molar-refractivity contribution in [3.8, 4) is 0 Å². The quantitative estimate of drug-likeness (QED) is 0.895. The summed E-state index contributed by atoms with van der Waals surface area (Å²) >= 11 is 3.39. The molecule has 2 aromatic rings. The van der Waals surface area contributed by atoms with Crippen LogP contribution in [-0.2, 0) is 6.42 Å². The van der Waals surface area contributed by atoms with Gasteiger partial charge in [-0.25, -0.2) is 8.78 Å². The molecule has 100 valence electrons. The van der Waals surface area contributed by atoms with Gasteiger partial charge in [0.05, 0.1) is 0 Å². The van der Waals surface area contributed by atoms with Crippen LogP contribution in [-0.4, -0.2) is 0 Å². The van der Waals surface area contributed by atoms with E-state index in [-0.39, 0.29) is 6.04 Å². The lowest BCUT2D eigenvalue weighted by molar-refractivity contribution is 0.576. The standard InChI is InChI=1S/C15H14BrF2N/c1-9-4-11(16)2-3-14(9)15(19)7-10-5-12(17)8-13(18)6-10/h2-6,8,15H,7,19H2,1H3. The summed E-state index contributed by atoms with van der Waals surface area (Å²) < 4.78 is 27.2. The average Bonchev–Trinajstić information content (AvgIpc) is 2.26. The van der Waals surface area contributed by atoms with Crippen LogP contribution in [0.25, 0.3) is 0 Å². The second-order valence-corrected chi connectivity index (χ2v) is 5.50. The van der Waals surface area contributed by atoms with Crippen molar-refractivity contribution in [2.75, 3.05) is 0 Å². The Kier molecular flexibility index (Phi) is 4.32. The summed E-state index contributed by atoms with van der Waals surface area (Å²) in [6.45, 7) is 1.96. The summed E-state index contributed by atoms with van der Waals surface area (Å²) in [6, 6.07) is 9.03. The van der Waals surface area contributed by atoms with E-state index in [1.807, 2.05) is 25.1 Å². The van der Waals surface area contributed by atoms with E-state index in [1.54, 1.807) is 0 Å². The molecule has 2 aromatic carbocycles. The summed E-state index contributed by atoms with van der Waals surface area (Å²) in [7, 11) is 0. The molecule has 0 bridgehead atoms. The van der Waals surface area contributed by atoms with Crippen molar-refractivity contribution in [1.29, 1.82) is 0 Å². The zero-order chi connectivity index (χ0) is 14.0. The van der Waals surface area contributed by atoms with Gasteiger partial charge in [0.15, 0.2) is 0 Å². The van der Waals surface area contributed by atoms with Crippen molar-refractivity contribution < 1.29 is 8.78 Å². The normalized spacial score (nSPS) is 12.5. The minimum atomic E-state index is -0.574. The van der Waals surface area contributed by atoms with Crippen LogP contribution in [0.1, 0.15) is 22.7 Å². The Morgan fingerprint density at radius 1 is 1.11 bits per heavy atom. The summed E-state index contributed by atoms with van der Waals surface area (Å²) in [5.41, 5.74) is 8.71. The number of aryl methyl sites for hydroxylation is 1. The lowest BCUT2D eigenvalue weighted by atomic mass is 9.96. The maximum atomic E-state index is 13.1. The predicted molar refractivity (Wildman–Crippen MR) is 75.9 cm³/mol. The molecule has 0 aliphatic rings. The number of rotatable bonds is 3. The first-order valence-electron chi connectivity index (χ1n) is 5.92. The van der Waals surface area contributed by atoms with Crippen molar-refractivity contribution in [3.63, 3.8) is 0 Å². The monoisotopic (exact) mass is 325 g/mol. The van der Waals surface area contributed by atoms with E-state index in [0.717, 1.165) is 21.7 Å². The molecule has 0 radical (unpaired) electrons.